The van der Waals surface area contributed by atoms with Crippen molar-refractivity contribution in [2.24, 2.45) is 23.7 Å². The molecule has 1 aromatic heterocycles. The van der Waals surface area contributed by atoms with Crippen molar-refractivity contribution < 1.29 is 14.4 Å². The summed E-state index contributed by atoms with van der Waals surface area (Å²) in [7, 11) is 0. The van der Waals surface area contributed by atoms with Gasteiger partial charge < -0.3 is 10.6 Å². The van der Waals surface area contributed by atoms with Crippen LogP contribution in [0.25, 0.3) is 0 Å². The molecule has 30 heavy (non-hydrogen) atoms. The van der Waals surface area contributed by atoms with Crippen LogP contribution in [0.4, 0.5) is 10.5 Å². The Bertz CT molecular complexity index is 978. The Morgan fingerprint density at radius 3 is 2.37 bits per heavy atom. The molecule has 0 spiro atoms. The zero-order chi connectivity index (χ0) is 20.7. The lowest BCUT2D eigenvalue weighted by Crippen LogP contribution is -2.43. The van der Waals surface area contributed by atoms with Gasteiger partial charge >= 0.3 is 6.03 Å². The van der Waals surface area contributed by atoms with E-state index in [1.807, 2.05) is 30.3 Å². The number of amides is 4. The topological polar surface area (TPSA) is 91.4 Å². The van der Waals surface area contributed by atoms with E-state index in [2.05, 4.69) is 27.8 Å². The SMILES string of the molecule is O=C(NCC(c1ccccc1)N1C(=O)C2C3C=CC(C3)C2C1=O)Nc1cccnc1. The van der Waals surface area contributed by atoms with Gasteiger partial charge in [0.2, 0.25) is 11.8 Å². The Kier molecular flexibility index (Phi) is 4.58. The first-order valence-electron chi connectivity index (χ1n) is 10.2. The summed E-state index contributed by atoms with van der Waals surface area (Å²) in [6.45, 7) is 0.135. The Hall–Kier alpha value is -3.48. The number of benzene rings is 1. The van der Waals surface area contributed by atoms with Crippen molar-refractivity contribution in [3.05, 3.63) is 72.6 Å². The molecule has 1 aliphatic heterocycles. The lowest BCUT2D eigenvalue weighted by Gasteiger charge is -2.28. The fourth-order valence-corrected chi connectivity index (χ4v) is 5.07. The number of fused-ring (bicyclic) bond motifs is 5. The maximum absolute atomic E-state index is 13.3. The predicted octanol–water partition coefficient (Wildman–Crippen LogP) is 2.75. The van der Waals surface area contributed by atoms with Gasteiger partial charge in [0, 0.05) is 12.7 Å². The number of nitrogens with zero attached hydrogens (tertiary/aromatic N) is 2. The fraction of sp³-hybridized carbons (Fsp3) is 0.304. The van der Waals surface area contributed by atoms with Gasteiger partial charge in [-0.2, -0.15) is 0 Å². The summed E-state index contributed by atoms with van der Waals surface area (Å²) in [6.07, 6.45) is 8.22. The molecule has 1 saturated carbocycles. The van der Waals surface area contributed by atoms with E-state index in [0.29, 0.717) is 5.69 Å². The molecule has 2 fully saturated rings. The van der Waals surface area contributed by atoms with Crippen LogP contribution in [0.15, 0.2) is 67.0 Å². The van der Waals surface area contributed by atoms with E-state index in [4.69, 9.17) is 0 Å². The molecule has 4 amide bonds. The van der Waals surface area contributed by atoms with Crippen molar-refractivity contribution in [3.63, 3.8) is 0 Å². The molecule has 7 heteroatoms. The second-order valence-electron chi connectivity index (χ2n) is 8.05. The highest BCUT2D eigenvalue weighted by Crippen LogP contribution is 2.53. The van der Waals surface area contributed by atoms with E-state index in [-0.39, 0.29) is 42.0 Å². The van der Waals surface area contributed by atoms with Crippen LogP contribution < -0.4 is 10.6 Å². The minimum absolute atomic E-state index is 0.120. The Morgan fingerprint density at radius 1 is 1.03 bits per heavy atom. The van der Waals surface area contributed by atoms with Gasteiger partial charge in [0.1, 0.15) is 0 Å². The number of nitrogens with one attached hydrogen (secondary N) is 2. The van der Waals surface area contributed by atoms with Crippen LogP contribution in [-0.2, 0) is 9.59 Å². The van der Waals surface area contributed by atoms with Gasteiger partial charge in [0.05, 0.1) is 29.8 Å². The molecule has 2 heterocycles. The molecule has 2 N–H and O–H groups in total. The van der Waals surface area contributed by atoms with E-state index in [9.17, 15) is 14.4 Å². The second kappa shape index (κ2) is 7.40. The van der Waals surface area contributed by atoms with Gasteiger partial charge in [-0.3, -0.25) is 19.5 Å². The highest BCUT2D eigenvalue weighted by Gasteiger charge is 2.60. The number of hydrogen-bond acceptors (Lipinski definition) is 4. The van der Waals surface area contributed by atoms with Gasteiger partial charge in [-0.15, -0.1) is 0 Å². The van der Waals surface area contributed by atoms with E-state index < -0.39 is 12.1 Å². The summed E-state index contributed by atoms with van der Waals surface area (Å²) in [5.41, 5.74) is 1.39. The third-order valence-electron chi connectivity index (χ3n) is 6.38. The van der Waals surface area contributed by atoms with Crippen molar-refractivity contribution in [2.45, 2.75) is 12.5 Å². The van der Waals surface area contributed by atoms with Crippen LogP contribution in [0.1, 0.15) is 18.0 Å². The molecule has 5 unspecified atom stereocenters. The normalized spacial score (nSPS) is 27.3. The number of imide groups is 1. The standard InChI is InChI=1S/C23H22N4O3/c28-21-19-15-8-9-16(11-15)20(19)22(29)27(21)18(14-5-2-1-3-6-14)13-25-23(30)26-17-7-4-10-24-12-17/h1-10,12,15-16,18-20H,11,13H2,(H2,25,26,30). The molecule has 1 saturated heterocycles. The van der Waals surface area contributed by atoms with Crippen molar-refractivity contribution in [3.8, 4) is 0 Å². The van der Waals surface area contributed by atoms with Crippen molar-refractivity contribution in [2.75, 3.05) is 11.9 Å². The van der Waals surface area contributed by atoms with Crippen LogP contribution in [0.5, 0.6) is 0 Å². The minimum atomic E-state index is -0.546. The van der Waals surface area contributed by atoms with Gasteiger partial charge in [0.15, 0.2) is 0 Å². The predicted molar refractivity (Wildman–Crippen MR) is 110 cm³/mol. The smallest absolute Gasteiger partial charge is 0.319 e. The molecule has 2 bridgehead atoms. The first-order chi connectivity index (χ1) is 14.6. The maximum atomic E-state index is 13.3. The number of carbonyl (C=O) groups is 3. The number of allylic oxidation sites excluding steroid dienone is 2. The number of urea groups is 1. The van der Waals surface area contributed by atoms with Gasteiger partial charge in [0.25, 0.3) is 0 Å². The van der Waals surface area contributed by atoms with E-state index in [0.717, 1.165) is 12.0 Å². The third-order valence-corrected chi connectivity index (χ3v) is 6.38. The molecule has 152 valence electrons. The second-order valence-corrected chi connectivity index (χ2v) is 8.05. The van der Waals surface area contributed by atoms with E-state index >= 15 is 0 Å². The minimum Gasteiger partial charge on any atom is -0.335 e. The Morgan fingerprint density at radius 2 is 1.73 bits per heavy atom. The Balaban J connectivity index is 1.36. The number of anilines is 1. The molecular formula is C23H22N4O3. The summed E-state index contributed by atoms with van der Waals surface area (Å²) in [5, 5.41) is 5.53. The first kappa shape index (κ1) is 18.5. The van der Waals surface area contributed by atoms with Crippen molar-refractivity contribution in [1.29, 1.82) is 0 Å². The molecule has 0 radical (unpaired) electrons. The number of pyridine rings is 1. The molecule has 2 aromatic rings. The molecule has 5 atom stereocenters. The van der Waals surface area contributed by atoms with E-state index in [1.54, 1.807) is 24.5 Å². The largest absolute Gasteiger partial charge is 0.335 e. The van der Waals surface area contributed by atoms with Crippen LogP contribution in [0, 0.1) is 23.7 Å². The maximum Gasteiger partial charge on any atom is 0.319 e. The van der Waals surface area contributed by atoms with Crippen molar-refractivity contribution >= 4 is 23.5 Å². The first-order valence-corrected chi connectivity index (χ1v) is 10.2. The van der Waals surface area contributed by atoms with Crippen LogP contribution in [0.3, 0.4) is 0 Å². The monoisotopic (exact) mass is 402 g/mol. The van der Waals surface area contributed by atoms with Gasteiger partial charge in [-0.1, -0.05) is 42.5 Å². The lowest BCUT2D eigenvalue weighted by molar-refractivity contribution is -0.143. The van der Waals surface area contributed by atoms with Crippen LogP contribution in [0.2, 0.25) is 0 Å². The average molecular weight is 402 g/mol. The summed E-state index contributed by atoms with van der Waals surface area (Å²) >= 11 is 0. The molecule has 5 rings (SSSR count). The number of likely N-dealkylation sites (tertiary alicyclic amines) is 1. The quantitative estimate of drug-likeness (QED) is 0.594. The number of aromatic nitrogens is 1. The molecule has 1 aromatic carbocycles. The molecular weight excluding hydrogens is 380 g/mol. The molecule has 7 nitrogen and oxygen atoms in total. The number of hydrogen-bond donors (Lipinski definition) is 2. The zero-order valence-electron chi connectivity index (χ0n) is 16.3. The van der Waals surface area contributed by atoms with Crippen molar-refractivity contribution in [1.82, 2.24) is 15.2 Å². The zero-order valence-corrected chi connectivity index (χ0v) is 16.3. The highest BCUT2D eigenvalue weighted by atomic mass is 16.2. The van der Waals surface area contributed by atoms with E-state index in [1.165, 1.54) is 4.90 Å². The number of carbonyl (C=O) groups excluding carboxylic acids is 3. The van der Waals surface area contributed by atoms with Gasteiger partial charge in [-0.25, -0.2) is 4.79 Å². The summed E-state index contributed by atoms with van der Waals surface area (Å²) < 4.78 is 0. The highest BCUT2D eigenvalue weighted by molar-refractivity contribution is 6.07. The number of rotatable bonds is 5. The average Bonchev–Trinajstić information content (AvgIpc) is 3.45. The Labute approximate surface area is 174 Å². The molecule has 2 aliphatic carbocycles. The third kappa shape index (κ3) is 3.07. The lowest BCUT2D eigenvalue weighted by atomic mass is 9.85. The summed E-state index contributed by atoms with van der Waals surface area (Å²) in [4.78, 5) is 44.3. The van der Waals surface area contributed by atoms with Crippen LogP contribution >= 0.6 is 0 Å². The molecule has 3 aliphatic rings. The summed E-state index contributed by atoms with van der Waals surface area (Å²) in [6, 6.07) is 11.9. The fourth-order valence-electron chi connectivity index (χ4n) is 5.07. The van der Waals surface area contributed by atoms with Crippen LogP contribution in [-0.4, -0.2) is 34.3 Å². The summed E-state index contributed by atoms with van der Waals surface area (Å²) in [5.74, 6) is -0.458. The van der Waals surface area contributed by atoms with Gasteiger partial charge in [-0.05, 0) is 36.0 Å².